The minimum absolute atomic E-state index is 0. The van der Waals surface area contributed by atoms with Crippen LogP contribution in [0, 0.1) is 84.5 Å². The van der Waals surface area contributed by atoms with E-state index in [-0.39, 0.29) is 106 Å². The largest absolute Gasteiger partial charge is 0.496 e. The number of hydrogen-bond donors (Lipinski definition) is 0. The lowest BCUT2D eigenvalue weighted by Gasteiger charge is -2.22. The van der Waals surface area contributed by atoms with E-state index in [1.54, 1.807) is 63.4 Å². The zero-order valence-electron chi connectivity index (χ0n) is 90.2. The summed E-state index contributed by atoms with van der Waals surface area (Å²) in [5.41, 5.74) is 22.0. The van der Waals surface area contributed by atoms with E-state index in [4.69, 9.17) is 18.9 Å². The second kappa shape index (κ2) is 55.1. The predicted octanol–water partition coefficient (Wildman–Crippen LogP) is 40.3. The number of hydrogen-bond acceptors (Lipinski definition) is 4. The fraction of sp³-hybridized carbons (Fsp3) is 0.400. The fourth-order valence-electron chi connectivity index (χ4n) is 13.3. The molecule has 756 valence electrons. The third-order valence-electron chi connectivity index (χ3n) is 22.3. The molecule has 0 unspecified atom stereocenters. The van der Waals surface area contributed by atoms with Gasteiger partial charge in [0.15, 0.2) is 0 Å². The lowest BCUT2D eigenvalue weighted by Crippen LogP contribution is -2.13. The van der Waals surface area contributed by atoms with Crippen LogP contribution in [-0.2, 0) is 54.1 Å². The van der Waals surface area contributed by atoms with Crippen LogP contribution in [-0.4, -0.2) is 7.11 Å². The van der Waals surface area contributed by atoms with Gasteiger partial charge in [0.1, 0.15) is 69.3 Å². The Kier molecular flexibility index (Phi) is 49.8. The molecule has 0 aliphatic rings. The first-order valence-electron chi connectivity index (χ1n) is 47.6. The Balaban J connectivity index is 0.000000776. The SMILES string of the molecule is C.C.C.CC(C)(C)c1ccc(Oc2ccc(F)cc2)cc1.CC(C)(C)c1ccccc1F.COc1cc(C)ccc1C(C)(C)C.Cc1cc(Oc2ccc(C(C)(C)C)cc2)ccc1F.Cc1ccc(C(C)(C)C)c(F)c1.Cc1ccc(C(C)(C)C)cc1.Cc1ccc(C(C)(C)C)cc1.Cc1ccc(C(C)(C)C)cc1F.Cc1cccc(C(C)(C)C)c1.Cc1cccc(Oc2ccc(C(C)(C)C)cc2)c1. The highest BCUT2D eigenvalue weighted by molar-refractivity contribution is 5.44. The van der Waals surface area contributed by atoms with Crippen LogP contribution in [0.2, 0.25) is 0 Å². The minimum Gasteiger partial charge on any atom is -0.496 e. The van der Waals surface area contributed by atoms with Crippen LogP contribution < -0.4 is 18.9 Å². The topological polar surface area (TPSA) is 36.9 Å². The zero-order valence-corrected chi connectivity index (χ0v) is 90.2. The summed E-state index contributed by atoms with van der Waals surface area (Å²) in [6.45, 7) is 80.6. The van der Waals surface area contributed by atoms with E-state index in [0.29, 0.717) is 22.6 Å². The summed E-state index contributed by atoms with van der Waals surface area (Å²) in [5.74, 6) is 4.79. The molecule has 0 fully saturated rings. The van der Waals surface area contributed by atoms with Gasteiger partial charge in [0.25, 0.3) is 0 Å². The molecule has 0 spiro atoms. The lowest BCUT2D eigenvalue weighted by molar-refractivity contribution is 0.397. The van der Waals surface area contributed by atoms with Gasteiger partial charge in [-0.1, -0.05) is 423 Å². The van der Waals surface area contributed by atoms with E-state index in [0.717, 1.165) is 51.0 Å². The Labute approximate surface area is 842 Å². The molecule has 13 aromatic carbocycles. The third-order valence-corrected chi connectivity index (χ3v) is 22.3. The second-order valence-electron chi connectivity index (χ2n) is 45.8. The maximum Gasteiger partial charge on any atom is 0.127 e. The van der Waals surface area contributed by atoms with Gasteiger partial charge in [-0.25, -0.2) is 22.0 Å². The molecule has 9 heteroatoms. The van der Waals surface area contributed by atoms with Crippen LogP contribution in [0.25, 0.3) is 0 Å². The predicted molar refractivity (Wildman–Crippen MR) is 595 cm³/mol. The molecule has 13 aromatic rings. The molecule has 0 heterocycles. The summed E-state index contributed by atoms with van der Waals surface area (Å²) >= 11 is 0. The molecule has 0 N–H and O–H groups in total. The van der Waals surface area contributed by atoms with Gasteiger partial charge in [0.2, 0.25) is 0 Å². The Morgan fingerprint density at radius 2 is 0.468 bits per heavy atom. The second-order valence-corrected chi connectivity index (χ2v) is 45.8. The molecule has 0 amide bonds. The smallest absolute Gasteiger partial charge is 0.127 e. The molecule has 0 atom stereocenters. The van der Waals surface area contributed by atoms with Crippen molar-refractivity contribution in [2.75, 3.05) is 7.11 Å². The first-order valence-corrected chi connectivity index (χ1v) is 47.6. The molecule has 0 aliphatic heterocycles. The van der Waals surface area contributed by atoms with E-state index >= 15 is 0 Å². The normalized spacial score (nSPS) is 11.3. The molecular formula is C130H177F5O4. The Morgan fingerprint density at radius 1 is 0.180 bits per heavy atom. The van der Waals surface area contributed by atoms with Crippen LogP contribution in [0.1, 0.15) is 330 Å². The van der Waals surface area contributed by atoms with E-state index < -0.39 is 0 Å². The zero-order chi connectivity index (χ0) is 103. The molecule has 0 saturated carbocycles. The van der Waals surface area contributed by atoms with Crippen molar-refractivity contribution in [3.05, 3.63) is 420 Å². The van der Waals surface area contributed by atoms with Gasteiger partial charge in [-0.2, -0.15) is 0 Å². The molecule has 13 rings (SSSR count). The summed E-state index contributed by atoms with van der Waals surface area (Å²) in [6, 6.07) is 93.4. The van der Waals surface area contributed by atoms with Crippen molar-refractivity contribution in [1.82, 2.24) is 0 Å². The van der Waals surface area contributed by atoms with Crippen molar-refractivity contribution < 1.29 is 40.9 Å². The van der Waals surface area contributed by atoms with Gasteiger partial charge in [-0.3, -0.25) is 0 Å². The van der Waals surface area contributed by atoms with Gasteiger partial charge < -0.3 is 18.9 Å². The average Bonchev–Trinajstić information content (AvgIpc) is 0.823. The molecule has 0 aromatic heterocycles. The van der Waals surface area contributed by atoms with E-state index in [2.05, 4.69) is 334 Å². The fourth-order valence-corrected chi connectivity index (χ4v) is 13.3. The highest BCUT2D eigenvalue weighted by Gasteiger charge is 2.23. The van der Waals surface area contributed by atoms with E-state index in [9.17, 15) is 22.0 Å². The Bertz CT molecular complexity index is 5680. The highest BCUT2D eigenvalue weighted by atomic mass is 19.1. The molecule has 139 heavy (non-hydrogen) atoms. The number of ether oxygens (including phenoxy) is 4. The van der Waals surface area contributed by atoms with Gasteiger partial charge in [0.05, 0.1) is 7.11 Å². The number of benzene rings is 13. The maximum atomic E-state index is 13.3. The Hall–Kier alpha value is -11.3. The average molecular weight is 1900 g/mol. The van der Waals surface area contributed by atoms with Crippen LogP contribution in [0.4, 0.5) is 22.0 Å². The highest BCUT2D eigenvalue weighted by Crippen LogP contribution is 2.36. The summed E-state index contributed by atoms with van der Waals surface area (Å²) in [6.07, 6.45) is 0. The van der Waals surface area contributed by atoms with Crippen molar-refractivity contribution >= 4 is 0 Å². The number of rotatable bonds is 7. The van der Waals surface area contributed by atoms with Crippen LogP contribution in [0.5, 0.6) is 40.2 Å². The maximum absolute atomic E-state index is 13.3. The molecule has 0 bridgehead atoms. The first-order chi connectivity index (χ1) is 62.5. The summed E-state index contributed by atoms with van der Waals surface area (Å²) in [5, 5.41) is 0. The van der Waals surface area contributed by atoms with Crippen LogP contribution in [0.15, 0.2) is 291 Å². The van der Waals surface area contributed by atoms with Crippen LogP contribution >= 0.6 is 0 Å². The summed E-state index contributed by atoms with van der Waals surface area (Å²) in [4.78, 5) is 0. The molecule has 4 nitrogen and oxygen atoms in total. The van der Waals surface area contributed by atoms with Gasteiger partial charge in [0, 0.05) is 0 Å². The number of halogens is 5. The van der Waals surface area contributed by atoms with Crippen molar-refractivity contribution in [1.29, 1.82) is 0 Å². The van der Waals surface area contributed by atoms with Crippen molar-refractivity contribution in [2.45, 2.75) is 340 Å². The summed E-state index contributed by atoms with van der Waals surface area (Å²) < 4.78 is 88.0. The van der Waals surface area contributed by atoms with Gasteiger partial charge in [-0.05, 0) is 308 Å². The van der Waals surface area contributed by atoms with E-state index in [1.807, 2.05) is 139 Å². The first kappa shape index (κ1) is 126. The Morgan fingerprint density at radius 3 is 0.784 bits per heavy atom. The van der Waals surface area contributed by atoms with Crippen molar-refractivity contribution in [2.24, 2.45) is 0 Å². The molecular weight excluding hydrogens is 1720 g/mol. The third kappa shape index (κ3) is 46.6. The van der Waals surface area contributed by atoms with Crippen molar-refractivity contribution in [3.63, 3.8) is 0 Å². The van der Waals surface area contributed by atoms with Crippen molar-refractivity contribution in [3.8, 4) is 40.2 Å². The molecule has 0 aliphatic carbocycles. The molecule has 0 saturated heterocycles. The van der Waals surface area contributed by atoms with Crippen LogP contribution in [0.3, 0.4) is 0 Å². The standard InChI is InChI=1S/C17H19FO.C17H20O.C16H17FO.C12H18O.2C11H15F.3C11H16.C10H13F.3CH4/c1-12-11-15(9-10-16(12)18)19-14-7-5-13(6-8-14)17(2,3)4;1-13-6-5-7-16(12-13)18-15-10-8-14(9-11-15)17(2,3)4;1-16(2,3)12-4-8-14(9-5-12)18-15-10-6-13(17)7-11-15;1-9-6-7-10(12(2,3)4)11(8-9)13-5;1-8-5-6-9(7-10(8)12)11(2,3)4;1-8-5-6-9(10(12)7-8)11(2,3)4;2*1-9-5-7-10(8-6-9)11(2,3)4;1-9-6-5-7-10(8-9)11(2,3)4;1-10(2,3)8-6-4-5-7-9(8)11;;;/h5-11H,1-4H3;5-12H,1-4H3;4-11H,1-3H3;6-8H,1-5H3;2*5-7H,1-4H3;3*5-8H,1-4H3;4-7H,1-3H3;3*1H4. The number of methoxy groups -OCH3 is 1. The quantitative estimate of drug-likeness (QED) is 0.149. The van der Waals surface area contributed by atoms with E-state index in [1.165, 1.54) is 91.0 Å². The van der Waals surface area contributed by atoms with Gasteiger partial charge >= 0.3 is 0 Å². The number of aryl methyl sites for hydroxylation is 8. The molecule has 0 radical (unpaired) electrons. The monoisotopic (exact) mass is 1900 g/mol. The lowest BCUT2D eigenvalue weighted by atomic mass is 9.86. The van der Waals surface area contributed by atoms with Gasteiger partial charge in [-0.15, -0.1) is 0 Å². The minimum atomic E-state index is -0.259. The summed E-state index contributed by atoms with van der Waals surface area (Å²) in [7, 11) is 1.73.